The molecular weight excluding hydrogens is 439 g/mol. The summed E-state index contributed by atoms with van der Waals surface area (Å²) in [6.07, 6.45) is 3.60. The molecule has 7 heteroatoms. The Labute approximate surface area is 192 Å². The summed E-state index contributed by atoms with van der Waals surface area (Å²) in [6, 6.07) is 15.8. The van der Waals surface area contributed by atoms with Gasteiger partial charge in [0.25, 0.3) is 0 Å². The SMILES string of the molecule is CC(CN1CCN(c2ccc(Cl)cc2Cl)[C@H](c2ccc(Cl)cc2)C1)c1ncccn1. The van der Waals surface area contributed by atoms with Gasteiger partial charge in [-0.2, -0.15) is 0 Å². The Morgan fingerprint density at radius 3 is 2.37 bits per heavy atom. The summed E-state index contributed by atoms with van der Waals surface area (Å²) in [5.74, 6) is 1.13. The second-order valence-electron chi connectivity index (χ2n) is 7.62. The van der Waals surface area contributed by atoms with Crippen LogP contribution < -0.4 is 4.90 Å². The van der Waals surface area contributed by atoms with E-state index < -0.39 is 0 Å². The highest BCUT2D eigenvalue weighted by atomic mass is 35.5. The molecule has 0 radical (unpaired) electrons. The molecule has 2 aromatic carbocycles. The Bertz CT molecular complexity index is 981. The molecule has 2 atom stereocenters. The summed E-state index contributed by atoms with van der Waals surface area (Å²) >= 11 is 18.8. The van der Waals surface area contributed by atoms with Gasteiger partial charge in [0.2, 0.25) is 0 Å². The second-order valence-corrected chi connectivity index (χ2v) is 8.90. The van der Waals surface area contributed by atoms with Gasteiger partial charge in [-0.05, 0) is 42.0 Å². The predicted octanol–water partition coefficient (Wildman–Crippen LogP) is 6.10. The van der Waals surface area contributed by atoms with E-state index in [9.17, 15) is 0 Å². The number of rotatable bonds is 5. The van der Waals surface area contributed by atoms with E-state index in [1.54, 1.807) is 18.5 Å². The first kappa shape index (κ1) is 21.4. The number of halogens is 3. The lowest BCUT2D eigenvalue weighted by Gasteiger charge is -2.44. The molecule has 1 saturated heterocycles. The molecule has 4 rings (SSSR count). The summed E-state index contributed by atoms with van der Waals surface area (Å²) in [7, 11) is 0. The number of piperazine rings is 1. The fraction of sp³-hybridized carbons (Fsp3) is 0.304. The second kappa shape index (κ2) is 9.52. The molecule has 0 saturated carbocycles. The van der Waals surface area contributed by atoms with Crippen molar-refractivity contribution in [2.45, 2.75) is 18.9 Å². The van der Waals surface area contributed by atoms with Gasteiger partial charge < -0.3 is 4.90 Å². The van der Waals surface area contributed by atoms with Crippen molar-refractivity contribution < 1.29 is 0 Å². The molecular formula is C23H23Cl3N4. The minimum atomic E-state index is 0.151. The zero-order chi connectivity index (χ0) is 21.1. The van der Waals surface area contributed by atoms with E-state index >= 15 is 0 Å². The maximum Gasteiger partial charge on any atom is 0.132 e. The summed E-state index contributed by atoms with van der Waals surface area (Å²) in [5.41, 5.74) is 2.21. The largest absolute Gasteiger partial charge is 0.361 e. The van der Waals surface area contributed by atoms with Crippen LogP contribution in [0, 0.1) is 0 Å². The highest BCUT2D eigenvalue weighted by molar-refractivity contribution is 6.36. The third-order valence-corrected chi connectivity index (χ3v) is 6.29. The number of hydrogen-bond acceptors (Lipinski definition) is 4. The maximum atomic E-state index is 6.56. The molecule has 0 aliphatic carbocycles. The molecule has 0 N–H and O–H groups in total. The fourth-order valence-corrected chi connectivity index (χ4v) is 4.66. The first-order valence-corrected chi connectivity index (χ1v) is 11.1. The monoisotopic (exact) mass is 460 g/mol. The highest BCUT2D eigenvalue weighted by Gasteiger charge is 2.30. The first-order valence-electron chi connectivity index (χ1n) is 9.97. The van der Waals surface area contributed by atoms with Gasteiger partial charge in [-0.15, -0.1) is 0 Å². The van der Waals surface area contributed by atoms with E-state index in [-0.39, 0.29) is 12.0 Å². The van der Waals surface area contributed by atoms with Gasteiger partial charge >= 0.3 is 0 Å². The Balaban J connectivity index is 1.59. The van der Waals surface area contributed by atoms with Crippen LogP contribution in [-0.4, -0.2) is 41.0 Å². The number of aromatic nitrogens is 2. The van der Waals surface area contributed by atoms with E-state index in [0.717, 1.165) is 42.7 Å². The number of anilines is 1. The van der Waals surface area contributed by atoms with E-state index in [2.05, 4.69) is 38.8 Å². The van der Waals surface area contributed by atoms with Crippen molar-refractivity contribution in [1.29, 1.82) is 0 Å². The summed E-state index contributed by atoms with van der Waals surface area (Å²) in [6.45, 7) is 5.74. The third-order valence-electron chi connectivity index (χ3n) is 5.50. The fourth-order valence-electron chi connectivity index (χ4n) is 4.01. The van der Waals surface area contributed by atoms with Crippen LogP contribution in [0.15, 0.2) is 60.9 Å². The minimum Gasteiger partial charge on any atom is -0.361 e. The van der Waals surface area contributed by atoms with E-state index in [4.69, 9.17) is 34.8 Å². The van der Waals surface area contributed by atoms with Crippen molar-refractivity contribution in [2.75, 3.05) is 31.1 Å². The average Bonchev–Trinajstić information content (AvgIpc) is 2.75. The Kier molecular flexibility index (Phi) is 6.79. The molecule has 1 unspecified atom stereocenters. The molecule has 1 aliphatic heterocycles. The lowest BCUT2D eigenvalue weighted by molar-refractivity contribution is 0.212. The van der Waals surface area contributed by atoms with Crippen LogP contribution >= 0.6 is 34.8 Å². The molecule has 0 amide bonds. The van der Waals surface area contributed by atoms with E-state index in [1.807, 2.05) is 30.3 Å². The zero-order valence-electron chi connectivity index (χ0n) is 16.7. The topological polar surface area (TPSA) is 32.3 Å². The van der Waals surface area contributed by atoms with Crippen LogP contribution in [0.1, 0.15) is 30.3 Å². The standard InChI is InChI=1S/C23H23Cl3N4/c1-16(23-27-9-2-10-28-23)14-29-11-12-30(21-8-7-19(25)13-20(21)26)22(15-29)17-3-5-18(24)6-4-17/h2-10,13,16,22H,11-12,14-15H2,1H3/t16?,22-/m0/s1. The molecule has 3 aromatic rings. The first-order chi connectivity index (χ1) is 14.5. The smallest absolute Gasteiger partial charge is 0.132 e. The molecule has 0 bridgehead atoms. The molecule has 0 spiro atoms. The zero-order valence-corrected chi connectivity index (χ0v) is 18.9. The van der Waals surface area contributed by atoms with Gasteiger partial charge in [0.15, 0.2) is 0 Å². The maximum absolute atomic E-state index is 6.56. The van der Waals surface area contributed by atoms with Gasteiger partial charge in [-0.1, -0.05) is 53.9 Å². The van der Waals surface area contributed by atoms with Crippen molar-refractivity contribution in [3.8, 4) is 0 Å². The van der Waals surface area contributed by atoms with Crippen molar-refractivity contribution in [1.82, 2.24) is 14.9 Å². The predicted molar refractivity (Wildman–Crippen MR) is 125 cm³/mol. The summed E-state index contributed by atoms with van der Waals surface area (Å²) < 4.78 is 0. The quantitative estimate of drug-likeness (QED) is 0.459. The van der Waals surface area contributed by atoms with Crippen molar-refractivity contribution >= 4 is 40.5 Å². The van der Waals surface area contributed by atoms with Crippen LogP contribution in [0.25, 0.3) is 0 Å². The Morgan fingerprint density at radius 2 is 1.67 bits per heavy atom. The normalized spacial score (nSPS) is 18.4. The summed E-state index contributed by atoms with van der Waals surface area (Å²) in [5, 5.41) is 2.04. The van der Waals surface area contributed by atoms with Gasteiger partial charge in [0.05, 0.1) is 16.8 Å². The van der Waals surface area contributed by atoms with Crippen LogP contribution in [0.3, 0.4) is 0 Å². The van der Waals surface area contributed by atoms with Crippen LogP contribution in [0.2, 0.25) is 15.1 Å². The van der Waals surface area contributed by atoms with Gasteiger partial charge in [-0.25, -0.2) is 9.97 Å². The van der Waals surface area contributed by atoms with Crippen LogP contribution in [-0.2, 0) is 0 Å². The van der Waals surface area contributed by atoms with E-state index in [1.165, 1.54) is 5.56 Å². The molecule has 1 fully saturated rings. The Morgan fingerprint density at radius 1 is 0.967 bits per heavy atom. The summed E-state index contributed by atoms with van der Waals surface area (Å²) in [4.78, 5) is 13.7. The third kappa shape index (κ3) is 4.89. The van der Waals surface area contributed by atoms with Gasteiger partial charge in [0, 0.05) is 54.5 Å². The number of benzene rings is 2. The lowest BCUT2D eigenvalue weighted by Crippen LogP contribution is -2.49. The van der Waals surface area contributed by atoms with Crippen LogP contribution in [0.4, 0.5) is 5.69 Å². The van der Waals surface area contributed by atoms with Crippen molar-refractivity contribution in [3.05, 3.63) is 87.4 Å². The van der Waals surface area contributed by atoms with Crippen molar-refractivity contribution in [3.63, 3.8) is 0 Å². The van der Waals surface area contributed by atoms with Crippen molar-refractivity contribution in [2.24, 2.45) is 0 Å². The molecule has 4 nitrogen and oxygen atoms in total. The number of nitrogens with zero attached hydrogens (tertiary/aromatic N) is 4. The Hall–Kier alpha value is -1.85. The van der Waals surface area contributed by atoms with Gasteiger partial charge in [-0.3, -0.25) is 4.90 Å². The molecule has 2 heterocycles. The highest BCUT2D eigenvalue weighted by Crippen LogP contribution is 2.37. The van der Waals surface area contributed by atoms with Gasteiger partial charge in [0.1, 0.15) is 5.82 Å². The van der Waals surface area contributed by atoms with Crippen LogP contribution in [0.5, 0.6) is 0 Å². The number of hydrogen-bond donors (Lipinski definition) is 0. The molecule has 1 aromatic heterocycles. The van der Waals surface area contributed by atoms with E-state index in [0.29, 0.717) is 10.0 Å². The minimum absolute atomic E-state index is 0.151. The average molecular weight is 462 g/mol. The molecule has 1 aliphatic rings. The lowest BCUT2D eigenvalue weighted by atomic mass is 10.00. The molecule has 30 heavy (non-hydrogen) atoms. The molecule has 156 valence electrons.